The summed E-state index contributed by atoms with van der Waals surface area (Å²) in [5.41, 5.74) is 10.4. The molecule has 2 N–H and O–H groups in total. The Labute approximate surface area is 136 Å². The molecule has 1 aromatic carbocycles. The second-order valence-corrected chi connectivity index (χ2v) is 6.78. The number of ether oxygens (including phenoxy) is 2. The van der Waals surface area contributed by atoms with Crippen LogP contribution in [0, 0.1) is 0 Å². The lowest BCUT2D eigenvalue weighted by Gasteiger charge is -2.31. The third kappa shape index (κ3) is 2.61. The fourth-order valence-corrected chi connectivity index (χ4v) is 4.21. The number of hydrogen-bond donors (Lipinski definition) is 1. The lowest BCUT2D eigenvalue weighted by molar-refractivity contribution is 0.352. The summed E-state index contributed by atoms with van der Waals surface area (Å²) in [5, 5.41) is 2.26. The van der Waals surface area contributed by atoms with Crippen molar-refractivity contribution in [1.82, 2.24) is 0 Å². The maximum atomic E-state index is 6.47. The number of benzene rings is 1. The first-order valence-corrected chi connectivity index (χ1v) is 8.63. The zero-order chi connectivity index (χ0) is 15.7. The molecule has 0 radical (unpaired) electrons. The second-order valence-electron chi connectivity index (χ2n) is 5.79. The Kier molecular flexibility index (Phi) is 4.41. The van der Waals surface area contributed by atoms with E-state index in [-0.39, 0.29) is 12.0 Å². The van der Waals surface area contributed by atoms with Crippen LogP contribution in [0.3, 0.4) is 0 Å². The van der Waals surface area contributed by atoms with Gasteiger partial charge in [-0.2, -0.15) is 0 Å². The molecule has 3 rings (SSSR count). The van der Waals surface area contributed by atoms with Crippen LogP contribution in [0.25, 0.3) is 0 Å². The first-order valence-electron chi connectivity index (χ1n) is 7.75. The fourth-order valence-electron chi connectivity index (χ4n) is 3.34. The summed E-state index contributed by atoms with van der Waals surface area (Å²) in [6.07, 6.45) is 3.08. The van der Waals surface area contributed by atoms with E-state index in [0.29, 0.717) is 0 Å². The largest absolute Gasteiger partial charge is 0.493 e. The Morgan fingerprint density at radius 1 is 1.18 bits per heavy atom. The van der Waals surface area contributed by atoms with E-state index in [9.17, 15) is 0 Å². The number of fused-ring (bicyclic) bond motifs is 1. The number of methoxy groups -OCH3 is 2. The molecule has 1 aromatic heterocycles. The third-order valence-corrected chi connectivity index (χ3v) is 5.64. The number of hydrogen-bond acceptors (Lipinski definition) is 4. The standard InChI is InChI=1S/C18H23NO2S/c1-4-13-7-12(10-22-13)18-14-9-17(21-3)16(20-2)8-11(14)5-6-15(18)19/h7-10,15,18H,4-6,19H2,1-3H3. The van der Waals surface area contributed by atoms with Crippen molar-refractivity contribution in [2.24, 2.45) is 5.73 Å². The van der Waals surface area contributed by atoms with Crippen molar-refractivity contribution in [2.75, 3.05) is 14.2 Å². The van der Waals surface area contributed by atoms with Crippen LogP contribution in [0.1, 0.15) is 40.8 Å². The first kappa shape index (κ1) is 15.4. The SMILES string of the molecule is CCc1cc(C2c3cc(OC)c(OC)cc3CCC2N)cs1. The van der Waals surface area contributed by atoms with Crippen LogP contribution >= 0.6 is 11.3 Å². The zero-order valence-corrected chi connectivity index (χ0v) is 14.2. The molecule has 2 unspecified atom stereocenters. The summed E-state index contributed by atoms with van der Waals surface area (Å²) in [4.78, 5) is 1.41. The summed E-state index contributed by atoms with van der Waals surface area (Å²) in [6.45, 7) is 2.19. The maximum Gasteiger partial charge on any atom is 0.161 e. The van der Waals surface area contributed by atoms with Gasteiger partial charge in [0.05, 0.1) is 14.2 Å². The minimum atomic E-state index is 0.157. The van der Waals surface area contributed by atoms with Crippen LogP contribution in [0.15, 0.2) is 23.6 Å². The van der Waals surface area contributed by atoms with E-state index < -0.39 is 0 Å². The van der Waals surface area contributed by atoms with Gasteiger partial charge >= 0.3 is 0 Å². The Morgan fingerprint density at radius 2 is 1.91 bits per heavy atom. The highest BCUT2D eigenvalue weighted by Gasteiger charge is 2.30. The van der Waals surface area contributed by atoms with E-state index >= 15 is 0 Å². The van der Waals surface area contributed by atoms with Crippen molar-refractivity contribution in [1.29, 1.82) is 0 Å². The average Bonchev–Trinajstić information content (AvgIpc) is 3.02. The molecular weight excluding hydrogens is 294 g/mol. The molecule has 0 amide bonds. The van der Waals surface area contributed by atoms with E-state index in [0.717, 1.165) is 30.8 Å². The van der Waals surface area contributed by atoms with Crippen molar-refractivity contribution in [3.63, 3.8) is 0 Å². The summed E-state index contributed by atoms with van der Waals surface area (Å²) < 4.78 is 10.9. The van der Waals surface area contributed by atoms with Crippen LogP contribution in [-0.4, -0.2) is 20.3 Å². The molecule has 1 aliphatic carbocycles. The molecule has 1 aliphatic rings. The molecule has 0 aliphatic heterocycles. The molecular formula is C18H23NO2S. The van der Waals surface area contributed by atoms with Crippen LogP contribution in [0.4, 0.5) is 0 Å². The highest BCUT2D eigenvalue weighted by Crippen LogP contribution is 2.42. The number of thiophene rings is 1. The van der Waals surface area contributed by atoms with Crippen molar-refractivity contribution >= 4 is 11.3 Å². The average molecular weight is 317 g/mol. The molecule has 0 bridgehead atoms. The molecule has 3 nitrogen and oxygen atoms in total. The van der Waals surface area contributed by atoms with E-state index in [1.807, 2.05) is 11.3 Å². The van der Waals surface area contributed by atoms with Crippen molar-refractivity contribution in [3.8, 4) is 11.5 Å². The van der Waals surface area contributed by atoms with Gasteiger partial charge in [0.25, 0.3) is 0 Å². The van der Waals surface area contributed by atoms with E-state index in [1.165, 1.54) is 21.6 Å². The van der Waals surface area contributed by atoms with Gasteiger partial charge in [-0.05, 0) is 59.5 Å². The Morgan fingerprint density at radius 3 is 2.55 bits per heavy atom. The summed E-state index contributed by atoms with van der Waals surface area (Å²) >= 11 is 1.83. The smallest absolute Gasteiger partial charge is 0.161 e. The van der Waals surface area contributed by atoms with E-state index in [1.54, 1.807) is 14.2 Å². The predicted molar refractivity (Wildman–Crippen MR) is 91.4 cm³/mol. The lowest BCUT2D eigenvalue weighted by atomic mass is 9.76. The molecule has 2 aromatic rings. The van der Waals surface area contributed by atoms with Gasteiger partial charge in [0.2, 0.25) is 0 Å². The van der Waals surface area contributed by atoms with Gasteiger partial charge in [-0.15, -0.1) is 11.3 Å². The van der Waals surface area contributed by atoms with E-state index in [4.69, 9.17) is 15.2 Å². The summed E-state index contributed by atoms with van der Waals surface area (Å²) in [5.74, 6) is 1.83. The maximum absolute atomic E-state index is 6.47. The van der Waals surface area contributed by atoms with Crippen LogP contribution in [0.5, 0.6) is 11.5 Å². The van der Waals surface area contributed by atoms with E-state index in [2.05, 4.69) is 30.5 Å². The van der Waals surface area contributed by atoms with Crippen LogP contribution in [-0.2, 0) is 12.8 Å². The molecule has 0 spiro atoms. The molecule has 22 heavy (non-hydrogen) atoms. The normalized spacial score (nSPS) is 20.5. The number of nitrogens with two attached hydrogens (primary N) is 1. The molecule has 0 fully saturated rings. The molecule has 2 atom stereocenters. The van der Waals surface area contributed by atoms with Crippen LogP contribution in [0.2, 0.25) is 0 Å². The zero-order valence-electron chi connectivity index (χ0n) is 13.4. The van der Waals surface area contributed by atoms with Crippen molar-refractivity contribution in [2.45, 2.75) is 38.1 Å². The van der Waals surface area contributed by atoms with Gasteiger partial charge in [0.1, 0.15) is 0 Å². The van der Waals surface area contributed by atoms with Gasteiger partial charge in [-0.1, -0.05) is 6.92 Å². The van der Waals surface area contributed by atoms with Gasteiger partial charge in [-0.3, -0.25) is 0 Å². The molecule has 1 heterocycles. The third-order valence-electron chi connectivity index (χ3n) is 4.54. The summed E-state index contributed by atoms with van der Waals surface area (Å²) in [7, 11) is 3.37. The van der Waals surface area contributed by atoms with Crippen molar-refractivity contribution < 1.29 is 9.47 Å². The molecule has 4 heteroatoms. The van der Waals surface area contributed by atoms with Gasteiger partial charge in [0.15, 0.2) is 11.5 Å². The Balaban J connectivity index is 2.09. The fraction of sp³-hybridized carbons (Fsp3) is 0.444. The lowest BCUT2D eigenvalue weighted by Crippen LogP contribution is -2.33. The quantitative estimate of drug-likeness (QED) is 0.934. The Bertz CT molecular complexity index is 665. The van der Waals surface area contributed by atoms with Crippen LogP contribution < -0.4 is 15.2 Å². The Hall–Kier alpha value is -1.52. The van der Waals surface area contributed by atoms with Gasteiger partial charge in [-0.25, -0.2) is 0 Å². The number of aryl methyl sites for hydroxylation is 2. The topological polar surface area (TPSA) is 44.5 Å². The summed E-state index contributed by atoms with van der Waals surface area (Å²) in [6, 6.07) is 6.69. The minimum absolute atomic E-state index is 0.157. The second kappa shape index (κ2) is 6.31. The highest BCUT2D eigenvalue weighted by molar-refractivity contribution is 7.10. The monoisotopic (exact) mass is 317 g/mol. The van der Waals surface area contributed by atoms with Gasteiger partial charge in [0, 0.05) is 16.8 Å². The van der Waals surface area contributed by atoms with Crippen molar-refractivity contribution in [3.05, 3.63) is 45.1 Å². The number of rotatable bonds is 4. The minimum Gasteiger partial charge on any atom is -0.493 e. The highest BCUT2D eigenvalue weighted by atomic mass is 32.1. The molecule has 118 valence electrons. The van der Waals surface area contributed by atoms with Gasteiger partial charge < -0.3 is 15.2 Å². The molecule has 0 saturated carbocycles. The molecule has 0 saturated heterocycles. The predicted octanol–water partition coefficient (Wildman–Crippen LogP) is 3.73. The first-order chi connectivity index (χ1) is 10.7.